The number of hydrogen-bond acceptors (Lipinski definition) is 0. The van der Waals surface area contributed by atoms with Gasteiger partial charge in [-0.2, -0.15) is 0 Å². The fourth-order valence-electron chi connectivity index (χ4n) is 0.946. The standard InChI is InChI=1S/C11H9F/c12-11-7-5-10(6-8-11)4-3-9-1-2-9/h5-9H,1-2H2. The summed E-state index contributed by atoms with van der Waals surface area (Å²) in [5.74, 6) is 6.54. The van der Waals surface area contributed by atoms with Gasteiger partial charge in [-0.15, -0.1) is 0 Å². The molecule has 0 heterocycles. The molecule has 1 heteroatoms. The van der Waals surface area contributed by atoms with Gasteiger partial charge >= 0.3 is 0 Å². The van der Waals surface area contributed by atoms with Crippen LogP contribution >= 0.6 is 0 Å². The van der Waals surface area contributed by atoms with Crippen LogP contribution in [0.15, 0.2) is 24.3 Å². The second-order valence-electron chi connectivity index (χ2n) is 3.05. The van der Waals surface area contributed by atoms with Crippen molar-refractivity contribution in [3.8, 4) is 11.8 Å². The summed E-state index contributed by atoms with van der Waals surface area (Å²) in [6.07, 6.45) is 2.46. The molecule has 12 heavy (non-hydrogen) atoms. The van der Waals surface area contributed by atoms with Crippen LogP contribution in [-0.4, -0.2) is 0 Å². The van der Waals surface area contributed by atoms with Crippen LogP contribution in [0, 0.1) is 23.6 Å². The first-order valence-electron chi connectivity index (χ1n) is 4.12. The van der Waals surface area contributed by atoms with Gasteiger partial charge in [0.05, 0.1) is 0 Å². The summed E-state index contributed by atoms with van der Waals surface area (Å²) in [7, 11) is 0. The summed E-state index contributed by atoms with van der Waals surface area (Å²) >= 11 is 0. The lowest BCUT2D eigenvalue weighted by molar-refractivity contribution is 0.627. The van der Waals surface area contributed by atoms with E-state index in [4.69, 9.17) is 0 Å². The van der Waals surface area contributed by atoms with E-state index in [0.29, 0.717) is 5.92 Å². The second-order valence-corrected chi connectivity index (χ2v) is 3.05. The molecule has 0 aliphatic heterocycles. The van der Waals surface area contributed by atoms with E-state index < -0.39 is 0 Å². The molecule has 1 aromatic carbocycles. The summed E-state index contributed by atoms with van der Waals surface area (Å²) in [6.45, 7) is 0. The van der Waals surface area contributed by atoms with Crippen molar-refractivity contribution in [1.82, 2.24) is 0 Å². The third kappa shape index (κ3) is 1.85. The number of halogens is 1. The molecular formula is C11H9F. The highest BCUT2D eigenvalue weighted by atomic mass is 19.1. The molecular weight excluding hydrogens is 151 g/mol. The van der Waals surface area contributed by atoms with Crippen LogP contribution < -0.4 is 0 Å². The van der Waals surface area contributed by atoms with Gasteiger partial charge in [0.2, 0.25) is 0 Å². The number of hydrogen-bond donors (Lipinski definition) is 0. The van der Waals surface area contributed by atoms with Gasteiger partial charge in [-0.1, -0.05) is 11.8 Å². The van der Waals surface area contributed by atoms with E-state index >= 15 is 0 Å². The average Bonchev–Trinajstić information content (AvgIpc) is 2.87. The van der Waals surface area contributed by atoms with Crippen molar-refractivity contribution in [3.63, 3.8) is 0 Å². The molecule has 0 saturated heterocycles. The highest BCUT2D eigenvalue weighted by molar-refractivity contribution is 5.35. The predicted octanol–water partition coefficient (Wildman–Crippen LogP) is 2.59. The maximum atomic E-state index is 12.4. The van der Waals surface area contributed by atoms with Crippen LogP contribution in [0.1, 0.15) is 18.4 Å². The van der Waals surface area contributed by atoms with E-state index in [-0.39, 0.29) is 5.82 Å². The Labute approximate surface area is 71.4 Å². The van der Waals surface area contributed by atoms with Gasteiger partial charge in [-0.05, 0) is 37.1 Å². The smallest absolute Gasteiger partial charge is 0.123 e. The zero-order chi connectivity index (χ0) is 8.39. The van der Waals surface area contributed by atoms with Gasteiger partial charge in [-0.3, -0.25) is 0 Å². The fraction of sp³-hybridized carbons (Fsp3) is 0.273. The first-order chi connectivity index (χ1) is 5.84. The average molecular weight is 160 g/mol. The van der Waals surface area contributed by atoms with Crippen molar-refractivity contribution < 1.29 is 4.39 Å². The van der Waals surface area contributed by atoms with Crippen LogP contribution in [0.5, 0.6) is 0 Å². The van der Waals surface area contributed by atoms with Crippen LogP contribution in [0.2, 0.25) is 0 Å². The maximum Gasteiger partial charge on any atom is 0.123 e. The molecule has 1 aliphatic rings. The van der Waals surface area contributed by atoms with Crippen molar-refractivity contribution in [2.75, 3.05) is 0 Å². The number of rotatable bonds is 0. The lowest BCUT2D eigenvalue weighted by Crippen LogP contribution is -1.75. The third-order valence-corrected chi connectivity index (χ3v) is 1.84. The molecule has 0 nitrogen and oxygen atoms in total. The first kappa shape index (κ1) is 7.36. The van der Waals surface area contributed by atoms with Crippen molar-refractivity contribution >= 4 is 0 Å². The van der Waals surface area contributed by atoms with Crippen molar-refractivity contribution in [2.45, 2.75) is 12.8 Å². The van der Waals surface area contributed by atoms with Gasteiger partial charge in [0.1, 0.15) is 5.82 Å². The Hall–Kier alpha value is -1.29. The van der Waals surface area contributed by atoms with E-state index in [9.17, 15) is 4.39 Å². The fourth-order valence-corrected chi connectivity index (χ4v) is 0.946. The molecule has 1 saturated carbocycles. The van der Waals surface area contributed by atoms with Gasteiger partial charge in [0, 0.05) is 11.5 Å². The summed E-state index contributed by atoms with van der Waals surface area (Å²) < 4.78 is 12.4. The zero-order valence-corrected chi connectivity index (χ0v) is 6.68. The first-order valence-corrected chi connectivity index (χ1v) is 4.12. The van der Waals surface area contributed by atoms with Crippen LogP contribution in [-0.2, 0) is 0 Å². The Bertz CT molecular complexity index is 322. The Kier molecular flexibility index (Phi) is 1.83. The monoisotopic (exact) mass is 160 g/mol. The summed E-state index contributed by atoms with van der Waals surface area (Å²) in [5.41, 5.74) is 0.906. The van der Waals surface area contributed by atoms with Crippen molar-refractivity contribution in [2.24, 2.45) is 5.92 Å². The van der Waals surface area contributed by atoms with Gasteiger partial charge in [0.15, 0.2) is 0 Å². The predicted molar refractivity (Wildman–Crippen MR) is 46.0 cm³/mol. The van der Waals surface area contributed by atoms with Crippen LogP contribution in [0.25, 0.3) is 0 Å². The maximum absolute atomic E-state index is 12.4. The second kappa shape index (κ2) is 2.98. The van der Waals surface area contributed by atoms with E-state index in [0.717, 1.165) is 5.56 Å². The van der Waals surface area contributed by atoms with Gasteiger partial charge < -0.3 is 0 Å². The summed E-state index contributed by atoms with van der Waals surface area (Å²) in [5, 5.41) is 0. The molecule has 0 bridgehead atoms. The largest absolute Gasteiger partial charge is 0.207 e. The lowest BCUT2D eigenvalue weighted by Gasteiger charge is -1.88. The van der Waals surface area contributed by atoms with Gasteiger partial charge in [0.25, 0.3) is 0 Å². The quantitative estimate of drug-likeness (QED) is 0.512. The van der Waals surface area contributed by atoms with Crippen LogP contribution in [0.3, 0.4) is 0 Å². The van der Waals surface area contributed by atoms with E-state index in [1.165, 1.54) is 25.0 Å². The SMILES string of the molecule is Fc1ccc(C#CC2CC2)cc1. The van der Waals surface area contributed by atoms with E-state index in [2.05, 4.69) is 11.8 Å². The summed E-state index contributed by atoms with van der Waals surface area (Å²) in [6, 6.07) is 6.31. The molecule has 1 fully saturated rings. The Morgan fingerprint density at radius 3 is 2.42 bits per heavy atom. The topological polar surface area (TPSA) is 0 Å². The van der Waals surface area contributed by atoms with Crippen molar-refractivity contribution in [1.29, 1.82) is 0 Å². The molecule has 1 aromatic rings. The Balaban J connectivity index is 2.13. The van der Waals surface area contributed by atoms with Gasteiger partial charge in [-0.25, -0.2) is 4.39 Å². The number of benzene rings is 1. The molecule has 1 aliphatic carbocycles. The minimum Gasteiger partial charge on any atom is -0.207 e. The molecule has 0 atom stereocenters. The minimum absolute atomic E-state index is 0.202. The van der Waals surface area contributed by atoms with Crippen molar-refractivity contribution in [3.05, 3.63) is 35.6 Å². The normalized spacial score (nSPS) is 15.1. The summed E-state index contributed by atoms with van der Waals surface area (Å²) in [4.78, 5) is 0. The molecule has 2 rings (SSSR count). The van der Waals surface area contributed by atoms with E-state index in [1.807, 2.05) is 0 Å². The molecule has 0 N–H and O–H groups in total. The molecule has 0 aromatic heterocycles. The molecule has 60 valence electrons. The molecule has 0 amide bonds. The Morgan fingerprint density at radius 1 is 1.17 bits per heavy atom. The highest BCUT2D eigenvalue weighted by Gasteiger charge is 2.17. The third-order valence-electron chi connectivity index (χ3n) is 1.84. The molecule has 0 unspecified atom stereocenters. The van der Waals surface area contributed by atoms with Crippen LogP contribution in [0.4, 0.5) is 4.39 Å². The molecule has 0 spiro atoms. The minimum atomic E-state index is -0.202. The zero-order valence-electron chi connectivity index (χ0n) is 6.68. The Morgan fingerprint density at radius 2 is 1.83 bits per heavy atom. The highest BCUT2D eigenvalue weighted by Crippen LogP contribution is 2.27. The molecule has 0 radical (unpaired) electrons. The van der Waals surface area contributed by atoms with E-state index in [1.54, 1.807) is 12.1 Å². The lowest BCUT2D eigenvalue weighted by atomic mass is 10.2.